The fourth-order valence-corrected chi connectivity index (χ4v) is 4.79. The van der Waals surface area contributed by atoms with E-state index < -0.39 is 11.9 Å². The highest BCUT2D eigenvalue weighted by molar-refractivity contribution is 9.10. The summed E-state index contributed by atoms with van der Waals surface area (Å²) in [5, 5.41) is 3.74. The molecule has 1 aromatic heterocycles. The van der Waals surface area contributed by atoms with Gasteiger partial charge < -0.3 is 4.90 Å². The van der Waals surface area contributed by atoms with E-state index in [4.69, 9.17) is 0 Å². The van der Waals surface area contributed by atoms with Crippen LogP contribution in [0.3, 0.4) is 0 Å². The van der Waals surface area contributed by atoms with Gasteiger partial charge in [-0.25, -0.2) is 0 Å². The number of rotatable bonds is 5. The molecule has 1 amide bonds. The van der Waals surface area contributed by atoms with Gasteiger partial charge in [-0.3, -0.25) is 14.4 Å². The molecule has 1 aliphatic heterocycles. The molecule has 0 spiro atoms. The Morgan fingerprint density at radius 1 is 1.20 bits per heavy atom. The van der Waals surface area contributed by atoms with Crippen molar-refractivity contribution in [2.45, 2.75) is 44.9 Å². The SMILES string of the molecule is Cc1cccc(CN2CCN(C(=O)Cn3nc(C(F)(F)F)c(Br)c3C3CC3)CC2)c1. The Hall–Kier alpha value is -1.87. The van der Waals surface area contributed by atoms with Gasteiger partial charge in [-0.2, -0.15) is 18.3 Å². The van der Waals surface area contributed by atoms with Crippen LogP contribution in [-0.4, -0.2) is 51.7 Å². The van der Waals surface area contributed by atoms with Crippen molar-refractivity contribution < 1.29 is 18.0 Å². The van der Waals surface area contributed by atoms with Crippen LogP contribution in [0.25, 0.3) is 0 Å². The van der Waals surface area contributed by atoms with Crippen molar-refractivity contribution in [3.05, 3.63) is 51.3 Å². The van der Waals surface area contributed by atoms with Crippen LogP contribution in [0.15, 0.2) is 28.7 Å². The first-order valence-corrected chi connectivity index (χ1v) is 10.9. The molecule has 1 aliphatic carbocycles. The maximum Gasteiger partial charge on any atom is 0.436 e. The van der Waals surface area contributed by atoms with E-state index in [1.165, 1.54) is 15.8 Å². The number of aromatic nitrogens is 2. The average molecular weight is 485 g/mol. The molecular weight excluding hydrogens is 461 g/mol. The Kier molecular flexibility index (Phi) is 5.94. The lowest BCUT2D eigenvalue weighted by molar-refractivity contribution is -0.142. The predicted octanol–water partition coefficient (Wildman–Crippen LogP) is 4.19. The number of benzene rings is 1. The molecule has 5 nitrogen and oxygen atoms in total. The van der Waals surface area contributed by atoms with Crippen molar-refractivity contribution in [3.63, 3.8) is 0 Å². The van der Waals surface area contributed by atoms with Crippen molar-refractivity contribution in [2.75, 3.05) is 26.2 Å². The molecule has 1 saturated heterocycles. The number of piperazine rings is 1. The van der Waals surface area contributed by atoms with Crippen LogP contribution in [0.4, 0.5) is 13.2 Å². The minimum atomic E-state index is -4.54. The predicted molar refractivity (Wildman–Crippen MR) is 110 cm³/mol. The van der Waals surface area contributed by atoms with Gasteiger partial charge in [0, 0.05) is 38.6 Å². The first kappa shape index (κ1) is 21.4. The zero-order valence-corrected chi connectivity index (χ0v) is 18.3. The van der Waals surface area contributed by atoms with Crippen LogP contribution in [0.1, 0.15) is 41.3 Å². The lowest BCUT2D eigenvalue weighted by Crippen LogP contribution is -2.49. The highest BCUT2D eigenvalue weighted by atomic mass is 79.9. The lowest BCUT2D eigenvalue weighted by Gasteiger charge is -2.35. The van der Waals surface area contributed by atoms with Crippen LogP contribution in [0.2, 0.25) is 0 Å². The van der Waals surface area contributed by atoms with Gasteiger partial charge in [0.2, 0.25) is 5.91 Å². The molecule has 2 aromatic rings. The Bertz CT molecular complexity index is 931. The molecule has 9 heteroatoms. The molecule has 0 atom stereocenters. The third kappa shape index (κ3) is 4.72. The van der Waals surface area contributed by atoms with E-state index in [0.29, 0.717) is 18.8 Å². The summed E-state index contributed by atoms with van der Waals surface area (Å²) in [5.41, 5.74) is 2.01. The van der Waals surface area contributed by atoms with Crippen LogP contribution < -0.4 is 0 Å². The molecule has 2 heterocycles. The Morgan fingerprint density at radius 2 is 1.90 bits per heavy atom. The number of nitrogens with zero attached hydrogens (tertiary/aromatic N) is 4. The quantitative estimate of drug-likeness (QED) is 0.638. The van der Waals surface area contributed by atoms with Gasteiger partial charge in [0.1, 0.15) is 6.54 Å². The van der Waals surface area contributed by atoms with Gasteiger partial charge >= 0.3 is 6.18 Å². The van der Waals surface area contributed by atoms with E-state index in [9.17, 15) is 18.0 Å². The number of halogens is 4. The van der Waals surface area contributed by atoms with E-state index in [1.54, 1.807) is 4.90 Å². The van der Waals surface area contributed by atoms with Crippen molar-refractivity contribution in [3.8, 4) is 0 Å². The zero-order valence-electron chi connectivity index (χ0n) is 16.8. The number of alkyl halides is 3. The molecule has 0 radical (unpaired) electrons. The Balaban J connectivity index is 1.38. The van der Waals surface area contributed by atoms with Gasteiger partial charge in [0.05, 0.1) is 10.2 Å². The van der Waals surface area contributed by atoms with Crippen LogP contribution >= 0.6 is 15.9 Å². The molecule has 0 unspecified atom stereocenters. The molecule has 4 rings (SSSR count). The second-order valence-electron chi connectivity index (χ2n) is 8.12. The van der Waals surface area contributed by atoms with Crippen LogP contribution in [0, 0.1) is 6.92 Å². The largest absolute Gasteiger partial charge is 0.436 e. The van der Waals surface area contributed by atoms with Gasteiger partial charge in [-0.1, -0.05) is 29.8 Å². The first-order chi connectivity index (χ1) is 14.2. The molecule has 2 aliphatic rings. The summed E-state index contributed by atoms with van der Waals surface area (Å²) in [6.45, 7) is 5.36. The van der Waals surface area contributed by atoms with E-state index in [0.717, 1.165) is 32.5 Å². The van der Waals surface area contributed by atoms with Crippen molar-refractivity contribution in [2.24, 2.45) is 0 Å². The number of carbonyl (C=O) groups excluding carboxylic acids is 1. The number of amides is 1. The minimum Gasteiger partial charge on any atom is -0.339 e. The maximum atomic E-state index is 13.3. The van der Waals surface area contributed by atoms with Crippen molar-refractivity contribution in [1.29, 1.82) is 0 Å². The molecule has 2 fully saturated rings. The minimum absolute atomic E-state index is 0.0201. The highest BCUT2D eigenvalue weighted by Crippen LogP contribution is 2.47. The van der Waals surface area contributed by atoms with Crippen molar-refractivity contribution in [1.82, 2.24) is 19.6 Å². The van der Waals surface area contributed by atoms with E-state index in [-0.39, 0.29) is 22.8 Å². The average Bonchev–Trinajstić information content (AvgIpc) is 3.45. The smallest absolute Gasteiger partial charge is 0.339 e. The monoisotopic (exact) mass is 484 g/mol. The number of carbonyl (C=O) groups is 1. The maximum absolute atomic E-state index is 13.3. The molecule has 0 bridgehead atoms. The van der Waals surface area contributed by atoms with E-state index in [2.05, 4.69) is 51.1 Å². The number of hydrogen-bond donors (Lipinski definition) is 0. The highest BCUT2D eigenvalue weighted by Gasteiger charge is 2.42. The molecule has 162 valence electrons. The normalized spacial score (nSPS) is 18.1. The Morgan fingerprint density at radius 3 is 2.50 bits per heavy atom. The standard InChI is InChI=1S/C21H24BrF3N4O/c1-14-3-2-4-15(11-14)12-27-7-9-28(10-8-27)17(30)13-29-19(16-5-6-16)18(22)20(26-29)21(23,24)25/h2-4,11,16H,5-10,12-13H2,1H3. The molecule has 1 aromatic carbocycles. The van der Waals surface area contributed by atoms with Crippen molar-refractivity contribution >= 4 is 21.8 Å². The fraction of sp³-hybridized carbons (Fsp3) is 0.524. The summed E-state index contributed by atoms with van der Waals surface area (Å²) in [5.74, 6) is -0.141. The second-order valence-corrected chi connectivity index (χ2v) is 8.92. The van der Waals surface area contributed by atoms with Crippen LogP contribution in [-0.2, 0) is 24.1 Å². The third-order valence-electron chi connectivity index (χ3n) is 5.66. The molecule has 30 heavy (non-hydrogen) atoms. The summed E-state index contributed by atoms with van der Waals surface area (Å²) in [4.78, 5) is 16.8. The van der Waals surface area contributed by atoms with Gasteiger partial charge in [-0.05, 0) is 41.3 Å². The summed E-state index contributed by atoms with van der Waals surface area (Å²) in [7, 11) is 0. The Labute approximate surface area is 182 Å². The molecular formula is C21H24BrF3N4O. The van der Waals surface area contributed by atoms with Gasteiger partial charge in [0.25, 0.3) is 0 Å². The van der Waals surface area contributed by atoms with Crippen LogP contribution in [0.5, 0.6) is 0 Å². The number of aryl methyl sites for hydroxylation is 1. The third-order valence-corrected chi connectivity index (χ3v) is 6.44. The summed E-state index contributed by atoms with van der Waals surface area (Å²) >= 11 is 3.07. The van der Waals surface area contributed by atoms with Gasteiger partial charge in [0.15, 0.2) is 5.69 Å². The summed E-state index contributed by atoms with van der Waals surface area (Å²) in [6, 6.07) is 8.36. The zero-order chi connectivity index (χ0) is 21.5. The summed E-state index contributed by atoms with van der Waals surface area (Å²) < 4.78 is 41.0. The lowest BCUT2D eigenvalue weighted by atomic mass is 10.1. The van der Waals surface area contributed by atoms with Gasteiger partial charge in [-0.15, -0.1) is 0 Å². The van der Waals surface area contributed by atoms with E-state index >= 15 is 0 Å². The summed E-state index contributed by atoms with van der Waals surface area (Å²) in [6.07, 6.45) is -2.89. The van der Waals surface area contributed by atoms with E-state index in [1.807, 2.05) is 6.07 Å². The molecule has 0 N–H and O–H groups in total. The topological polar surface area (TPSA) is 41.4 Å². The second kappa shape index (κ2) is 8.34. The first-order valence-electron chi connectivity index (χ1n) is 10.1. The fourth-order valence-electron chi connectivity index (χ4n) is 3.95. The molecule has 1 saturated carbocycles. The number of hydrogen-bond acceptors (Lipinski definition) is 3.